The maximum absolute atomic E-state index is 13.3. The number of ketones is 1. The van der Waals surface area contributed by atoms with E-state index in [0.29, 0.717) is 10.2 Å². The number of aryl methyl sites for hydroxylation is 2. The Labute approximate surface area is 182 Å². The number of thiophene rings is 1. The first-order valence-corrected chi connectivity index (χ1v) is 9.99. The minimum absolute atomic E-state index is 0.110. The molecule has 0 fully saturated rings. The number of halogens is 3. The van der Waals surface area contributed by atoms with Gasteiger partial charge < -0.3 is 10.5 Å². The topological polar surface area (TPSA) is 115 Å². The number of anilines is 1. The van der Waals surface area contributed by atoms with Crippen LogP contribution in [-0.4, -0.2) is 22.4 Å². The molecule has 4 aromatic rings. The second-order valence-electron chi connectivity index (χ2n) is 7.01. The summed E-state index contributed by atoms with van der Waals surface area (Å²) in [5.41, 5.74) is 7.91. The van der Waals surface area contributed by atoms with Gasteiger partial charge in [-0.1, -0.05) is 0 Å². The van der Waals surface area contributed by atoms with E-state index in [9.17, 15) is 22.8 Å². The summed E-state index contributed by atoms with van der Waals surface area (Å²) in [6, 6.07) is 4.55. The molecule has 0 bridgehead atoms. The van der Waals surface area contributed by atoms with Crippen molar-refractivity contribution in [2.75, 3.05) is 5.73 Å². The van der Waals surface area contributed by atoms with E-state index in [2.05, 4.69) is 15.0 Å². The summed E-state index contributed by atoms with van der Waals surface area (Å²) in [5, 5.41) is 2.93. The largest absolute Gasteiger partial charge is 0.573 e. The number of carbonyl (C=O) groups is 1. The minimum atomic E-state index is -4.85. The van der Waals surface area contributed by atoms with Crippen LogP contribution in [0.5, 0.6) is 5.75 Å². The van der Waals surface area contributed by atoms with Gasteiger partial charge in [0.05, 0.1) is 5.69 Å². The standard InChI is InChI=1S/C20H15F3N4O4S/c1-8-9(2)13-14(24)17(32-18(13)25-10(8)3)16(28)15-19(29)31-26-27(15)11-4-6-12(7-5-11)30-20(21,22)23/h4-7H,1-3H3,(H2-,24,26,28,29)/p+1. The number of aromatic nitrogens is 3. The monoisotopic (exact) mass is 465 g/mol. The van der Waals surface area contributed by atoms with Crippen molar-refractivity contribution in [2.24, 2.45) is 0 Å². The highest BCUT2D eigenvalue weighted by Gasteiger charge is 2.35. The molecular formula is C20H16F3N4O4S+. The number of nitrogens with two attached hydrogens (primary N) is 1. The second-order valence-corrected chi connectivity index (χ2v) is 8.01. The van der Waals surface area contributed by atoms with Crippen LogP contribution in [0.1, 0.15) is 32.2 Å². The fourth-order valence-electron chi connectivity index (χ4n) is 3.29. The van der Waals surface area contributed by atoms with Gasteiger partial charge >= 0.3 is 17.7 Å². The number of pyridine rings is 1. The molecule has 0 saturated heterocycles. The molecule has 0 atom stereocenters. The summed E-state index contributed by atoms with van der Waals surface area (Å²) in [4.78, 5) is 30.8. The number of H-pyrrole nitrogens is 1. The Morgan fingerprint density at radius 3 is 2.47 bits per heavy atom. The number of hydrogen-bond acceptors (Lipinski definition) is 7. The quantitative estimate of drug-likeness (QED) is 0.352. The van der Waals surface area contributed by atoms with Crippen LogP contribution >= 0.6 is 11.3 Å². The Morgan fingerprint density at radius 1 is 1.19 bits per heavy atom. The highest BCUT2D eigenvalue weighted by Crippen LogP contribution is 2.37. The number of fused-ring (bicyclic) bond motifs is 1. The maximum Gasteiger partial charge on any atom is 0.573 e. The molecule has 3 heterocycles. The molecule has 12 heteroatoms. The Balaban J connectivity index is 1.79. The van der Waals surface area contributed by atoms with Crippen molar-refractivity contribution >= 4 is 33.0 Å². The Kier molecular flexibility index (Phi) is 5.04. The normalized spacial score (nSPS) is 11.8. The summed E-state index contributed by atoms with van der Waals surface area (Å²) >= 11 is 1.05. The first kappa shape index (κ1) is 21.6. The number of alkyl halides is 3. The van der Waals surface area contributed by atoms with E-state index in [1.54, 1.807) is 0 Å². The smallest absolute Gasteiger partial charge is 0.406 e. The van der Waals surface area contributed by atoms with Gasteiger partial charge in [0.2, 0.25) is 5.69 Å². The minimum Gasteiger partial charge on any atom is -0.406 e. The molecule has 32 heavy (non-hydrogen) atoms. The lowest BCUT2D eigenvalue weighted by atomic mass is 10.0. The molecule has 3 N–H and O–H groups in total. The van der Waals surface area contributed by atoms with Crippen LogP contribution < -0.4 is 20.8 Å². The summed E-state index contributed by atoms with van der Waals surface area (Å²) in [6.45, 7) is 5.62. The van der Waals surface area contributed by atoms with E-state index >= 15 is 0 Å². The number of nitrogen functional groups attached to an aromatic ring is 1. The van der Waals surface area contributed by atoms with Crippen molar-refractivity contribution < 1.29 is 31.9 Å². The zero-order valence-electron chi connectivity index (χ0n) is 17.0. The lowest BCUT2D eigenvalue weighted by Gasteiger charge is -2.07. The van der Waals surface area contributed by atoms with Crippen molar-refractivity contribution in [1.29, 1.82) is 0 Å². The Hall–Kier alpha value is -3.67. The number of rotatable bonds is 4. The van der Waals surface area contributed by atoms with Crippen molar-refractivity contribution in [3.8, 4) is 11.4 Å². The van der Waals surface area contributed by atoms with Crippen LogP contribution in [0.25, 0.3) is 15.9 Å². The van der Waals surface area contributed by atoms with Crippen LogP contribution in [0.4, 0.5) is 18.9 Å². The number of benzene rings is 1. The molecule has 0 aliphatic carbocycles. The first-order chi connectivity index (χ1) is 15.0. The van der Waals surface area contributed by atoms with E-state index in [1.807, 2.05) is 20.8 Å². The molecule has 8 nitrogen and oxygen atoms in total. The predicted octanol–water partition coefficient (Wildman–Crippen LogP) is 3.49. The number of carbonyl (C=O) groups excluding carboxylic acids is 1. The van der Waals surface area contributed by atoms with Crippen LogP contribution in [0.2, 0.25) is 0 Å². The van der Waals surface area contributed by atoms with Gasteiger partial charge in [-0.2, -0.15) is 0 Å². The highest BCUT2D eigenvalue weighted by atomic mass is 32.1. The number of aromatic amines is 1. The third-order valence-electron chi connectivity index (χ3n) is 5.07. The molecule has 0 unspecified atom stereocenters. The zero-order valence-corrected chi connectivity index (χ0v) is 17.8. The number of nitrogens with zero attached hydrogens (tertiary/aromatic N) is 2. The van der Waals surface area contributed by atoms with Crippen molar-refractivity contribution in [1.82, 2.24) is 10.3 Å². The van der Waals surface area contributed by atoms with E-state index < -0.39 is 23.5 Å². The van der Waals surface area contributed by atoms with Crippen molar-refractivity contribution in [3.05, 3.63) is 62.1 Å². The van der Waals surface area contributed by atoms with Gasteiger partial charge in [0, 0.05) is 23.2 Å². The van der Waals surface area contributed by atoms with Gasteiger partial charge in [-0.15, -0.1) is 24.5 Å². The summed E-state index contributed by atoms with van der Waals surface area (Å²) in [7, 11) is 0. The SMILES string of the molecule is Cc1nc2sc(C(=O)c3c(=O)o[nH][n+]3-c3ccc(OC(F)(F)F)cc3)c(N)c2c(C)c1C. The van der Waals surface area contributed by atoms with Gasteiger partial charge in [-0.3, -0.25) is 9.32 Å². The van der Waals surface area contributed by atoms with E-state index in [4.69, 9.17) is 10.3 Å². The molecule has 4 rings (SSSR count). The molecule has 0 aliphatic rings. The molecule has 0 aliphatic heterocycles. The van der Waals surface area contributed by atoms with Gasteiger partial charge in [0.15, 0.2) is 0 Å². The Bertz CT molecular complexity index is 1420. The molecule has 3 aromatic heterocycles. The number of ether oxygens (including phenoxy) is 1. The molecular weight excluding hydrogens is 449 g/mol. The lowest BCUT2D eigenvalue weighted by Crippen LogP contribution is -2.41. The molecule has 0 spiro atoms. The summed E-state index contributed by atoms with van der Waals surface area (Å²) in [5.74, 6) is -1.16. The third-order valence-corrected chi connectivity index (χ3v) is 6.17. The molecule has 1 aromatic carbocycles. The summed E-state index contributed by atoms with van der Waals surface area (Å²) in [6.07, 6.45) is -4.85. The zero-order chi connectivity index (χ0) is 23.4. The van der Waals surface area contributed by atoms with Crippen LogP contribution in [0.15, 0.2) is 33.6 Å². The third kappa shape index (κ3) is 3.62. The predicted molar refractivity (Wildman–Crippen MR) is 109 cm³/mol. The van der Waals surface area contributed by atoms with Gasteiger partial charge in [-0.05, 0) is 54.0 Å². The van der Waals surface area contributed by atoms with Gasteiger partial charge in [-0.25, -0.2) is 9.78 Å². The molecule has 0 saturated carbocycles. The van der Waals surface area contributed by atoms with Crippen molar-refractivity contribution in [2.45, 2.75) is 27.1 Å². The second kappa shape index (κ2) is 7.48. The van der Waals surface area contributed by atoms with Crippen molar-refractivity contribution in [3.63, 3.8) is 0 Å². The summed E-state index contributed by atoms with van der Waals surface area (Å²) < 4.78 is 46.8. The number of nitrogens with one attached hydrogen (secondary N) is 1. The molecule has 0 radical (unpaired) electrons. The molecule has 0 amide bonds. The maximum atomic E-state index is 13.3. The highest BCUT2D eigenvalue weighted by molar-refractivity contribution is 7.21. The van der Waals surface area contributed by atoms with Gasteiger partial charge in [0.25, 0.3) is 5.78 Å². The fourth-order valence-corrected chi connectivity index (χ4v) is 4.43. The van der Waals surface area contributed by atoms with E-state index in [-0.39, 0.29) is 21.9 Å². The molecule has 166 valence electrons. The van der Waals surface area contributed by atoms with E-state index in [0.717, 1.165) is 45.0 Å². The van der Waals surface area contributed by atoms with Crippen LogP contribution in [0.3, 0.4) is 0 Å². The first-order valence-electron chi connectivity index (χ1n) is 9.18. The fraction of sp³-hybridized carbons (Fsp3) is 0.200. The lowest BCUT2D eigenvalue weighted by molar-refractivity contribution is -0.672. The number of hydrogen-bond donors (Lipinski definition) is 2. The van der Waals surface area contributed by atoms with Gasteiger partial charge in [0.1, 0.15) is 15.5 Å². The average molecular weight is 465 g/mol. The van der Waals surface area contributed by atoms with Crippen LogP contribution in [-0.2, 0) is 0 Å². The Morgan fingerprint density at radius 2 is 1.84 bits per heavy atom. The average Bonchev–Trinajstić information content (AvgIpc) is 3.25. The van der Waals surface area contributed by atoms with Crippen LogP contribution in [0, 0.1) is 20.8 Å². The van der Waals surface area contributed by atoms with E-state index in [1.165, 1.54) is 12.1 Å².